The number of anilines is 1. The maximum atomic E-state index is 13.1. The zero-order chi connectivity index (χ0) is 17.1. The van der Waals surface area contributed by atoms with Crippen LogP contribution in [-0.4, -0.2) is 11.8 Å². The number of hydrogen-bond donors (Lipinski definition) is 0. The Morgan fingerprint density at radius 1 is 0.840 bits per heavy atom. The lowest BCUT2D eigenvalue weighted by molar-refractivity contribution is -0.122. The molecule has 5 rings (SSSR count). The molecule has 0 spiro atoms. The summed E-state index contributed by atoms with van der Waals surface area (Å²) in [6, 6.07) is 6.98. The Balaban J connectivity index is 1.52. The fourth-order valence-corrected chi connectivity index (χ4v) is 5.47. The summed E-state index contributed by atoms with van der Waals surface area (Å²) in [4.78, 5) is 27.6. The molecule has 3 aliphatic carbocycles. The van der Waals surface area contributed by atoms with Crippen LogP contribution in [0.2, 0.25) is 5.02 Å². The summed E-state index contributed by atoms with van der Waals surface area (Å²) in [5.74, 6) is -0.218. The molecule has 2 saturated carbocycles. The predicted octanol–water partition coefficient (Wildman–Crippen LogP) is 4.52. The molecule has 4 atom stereocenters. The lowest BCUT2D eigenvalue weighted by atomic mass is 9.85. The number of hydrogen-bond acceptors (Lipinski definition) is 2. The summed E-state index contributed by atoms with van der Waals surface area (Å²) >= 11 is 5.94. The summed E-state index contributed by atoms with van der Waals surface area (Å²) < 4.78 is 0. The molecule has 1 aliphatic heterocycles. The van der Waals surface area contributed by atoms with Gasteiger partial charge in [0.1, 0.15) is 0 Å². The van der Waals surface area contributed by atoms with Gasteiger partial charge in [-0.3, -0.25) is 9.59 Å². The molecule has 0 aromatic heterocycles. The Kier molecular flexibility index (Phi) is 3.43. The second kappa shape index (κ2) is 5.57. The molecule has 2 bridgehead atoms. The summed E-state index contributed by atoms with van der Waals surface area (Å²) in [6.45, 7) is 0. The van der Waals surface area contributed by atoms with Crippen LogP contribution in [0.5, 0.6) is 0 Å². The zero-order valence-electron chi connectivity index (χ0n) is 14.0. The molecule has 4 aliphatic rings. The first-order valence-electron chi connectivity index (χ1n) is 9.20. The summed E-state index contributed by atoms with van der Waals surface area (Å²) in [6.07, 6.45) is 10.4. The van der Waals surface area contributed by atoms with Crippen LogP contribution in [0.15, 0.2) is 47.6 Å². The van der Waals surface area contributed by atoms with E-state index in [2.05, 4.69) is 12.2 Å². The first-order chi connectivity index (χ1) is 12.2. The van der Waals surface area contributed by atoms with Gasteiger partial charge in [-0.25, -0.2) is 4.90 Å². The van der Waals surface area contributed by atoms with Crippen molar-refractivity contribution in [3.63, 3.8) is 0 Å². The van der Waals surface area contributed by atoms with Gasteiger partial charge in [-0.05, 0) is 49.9 Å². The molecule has 3 fully saturated rings. The van der Waals surface area contributed by atoms with E-state index in [9.17, 15) is 9.59 Å². The quantitative estimate of drug-likeness (QED) is 0.549. The molecular weight excluding hydrogens is 334 g/mol. The number of rotatable bonds is 1. The van der Waals surface area contributed by atoms with Crippen molar-refractivity contribution in [2.24, 2.45) is 23.7 Å². The van der Waals surface area contributed by atoms with Crippen molar-refractivity contribution >= 4 is 29.1 Å². The Hall–Kier alpha value is -1.87. The number of allylic oxidation sites excluding steroid dienone is 4. The van der Waals surface area contributed by atoms with Crippen molar-refractivity contribution in [3.8, 4) is 0 Å². The van der Waals surface area contributed by atoms with Gasteiger partial charge in [0.2, 0.25) is 11.8 Å². The van der Waals surface area contributed by atoms with E-state index < -0.39 is 0 Å². The maximum absolute atomic E-state index is 13.1. The number of carbonyl (C=O) groups excluding carboxylic acids is 2. The summed E-state index contributed by atoms with van der Waals surface area (Å²) in [5, 5.41) is 0.606. The van der Waals surface area contributed by atoms with Crippen molar-refractivity contribution in [1.29, 1.82) is 0 Å². The van der Waals surface area contributed by atoms with Crippen LogP contribution in [0.1, 0.15) is 32.1 Å². The minimum Gasteiger partial charge on any atom is -0.274 e. The highest BCUT2D eigenvalue weighted by molar-refractivity contribution is 6.31. The average Bonchev–Trinajstić information content (AvgIpc) is 3.27. The second-order valence-electron chi connectivity index (χ2n) is 7.60. The van der Waals surface area contributed by atoms with Crippen molar-refractivity contribution in [2.75, 3.05) is 4.90 Å². The van der Waals surface area contributed by atoms with Gasteiger partial charge in [0, 0.05) is 16.9 Å². The van der Waals surface area contributed by atoms with Crippen molar-refractivity contribution in [1.82, 2.24) is 0 Å². The molecule has 25 heavy (non-hydrogen) atoms. The molecule has 0 radical (unpaired) electrons. The fourth-order valence-electron chi connectivity index (χ4n) is 5.35. The van der Waals surface area contributed by atoms with E-state index in [0.717, 1.165) is 12.8 Å². The molecule has 2 amide bonds. The topological polar surface area (TPSA) is 37.4 Å². The number of fused-ring (bicyclic) bond motifs is 5. The van der Waals surface area contributed by atoms with Gasteiger partial charge in [0.25, 0.3) is 0 Å². The number of benzene rings is 1. The molecule has 0 N–H and O–H groups in total. The molecule has 3 nitrogen and oxygen atoms in total. The number of halogens is 1. The van der Waals surface area contributed by atoms with Crippen molar-refractivity contribution in [2.45, 2.75) is 32.1 Å². The Morgan fingerprint density at radius 2 is 1.40 bits per heavy atom. The molecule has 1 heterocycles. The number of nitrogens with zero attached hydrogens (tertiary/aromatic N) is 1. The lowest BCUT2D eigenvalue weighted by Crippen LogP contribution is -2.33. The minimum absolute atomic E-state index is 0.0388. The molecule has 1 aromatic rings. The SMILES string of the molecule is O=C1[C@@H]2[C@@H](C(=O)N1c1ccc(Cl)cc1)[C@H]1C=C[C@@H]2C1=C1CCCCC1. The van der Waals surface area contributed by atoms with Crippen LogP contribution < -0.4 is 4.90 Å². The van der Waals surface area contributed by atoms with Crippen LogP contribution in [0.4, 0.5) is 5.69 Å². The minimum atomic E-state index is -0.206. The molecule has 0 unspecified atom stereocenters. The van der Waals surface area contributed by atoms with Gasteiger partial charge in [-0.1, -0.05) is 41.3 Å². The predicted molar refractivity (Wildman–Crippen MR) is 97.2 cm³/mol. The van der Waals surface area contributed by atoms with E-state index in [1.807, 2.05) is 0 Å². The third kappa shape index (κ3) is 2.11. The van der Waals surface area contributed by atoms with E-state index in [4.69, 9.17) is 11.6 Å². The van der Waals surface area contributed by atoms with Crippen LogP contribution in [0.25, 0.3) is 0 Å². The van der Waals surface area contributed by atoms with Crippen LogP contribution in [0, 0.1) is 23.7 Å². The van der Waals surface area contributed by atoms with E-state index in [1.165, 1.54) is 35.3 Å². The van der Waals surface area contributed by atoms with Gasteiger partial charge >= 0.3 is 0 Å². The van der Waals surface area contributed by atoms with E-state index in [-0.39, 0.29) is 35.5 Å². The van der Waals surface area contributed by atoms with Crippen LogP contribution in [-0.2, 0) is 9.59 Å². The Bertz CT molecular complexity index is 781. The maximum Gasteiger partial charge on any atom is 0.238 e. The highest BCUT2D eigenvalue weighted by atomic mass is 35.5. The zero-order valence-corrected chi connectivity index (χ0v) is 14.7. The van der Waals surface area contributed by atoms with E-state index in [0.29, 0.717) is 10.7 Å². The molecular formula is C21H20ClNO2. The average molecular weight is 354 g/mol. The van der Waals surface area contributed by atoms with Gasteiger partial charge in [0.15, 0.2) is 0 Å². The van der Waals surface area contributed by atoms with Gasteiger partial charge in [-0.2, -0.15) is 0 Å². The normalized spacial score (nSPS) is 33.6. The highest BCUT2D eigenvalue weighted by Gasteiger charge is 2.62. The molecule has 128 valence electrons. The van der Waals surface area contributed by atoms with Crippen LogP contribution in [0.3, 0.4) is 0 Å². The van der Waals surface area contributed by atoms with Gasteiger partial charge < -0.3 is 0 Å². The lowest BCUT2D eigenvalue weighted by Gasteiger charge is -2.23. The number of carbonyl (C=O) groups is 2. The fraction of sp³-hybridized carbons (Fsp3) is 0.429. The first-order valence-corrected chi connectivity index (χ1v) is 9.58. The molecule has 1 aromatic carbocycles. The second-order valence-corrected chi connectivity index (χ2v) is 8.03. The van der Waals surface area contributed by atoms with Crippen molar-refractivity contribution in [3.05, 3.63) is 52.6 Å². The third-order valence-electron chi connectivity index (χ3n) is 6.37. The van der Waals surface area contributed by atoms with Gasteiger partial charge in [-0.15, -0.1) is 0 Å². The van der Waals surface area contributed by atoms with E-state index in [1.54, 1.807) is 24.3 Å². The summed E-state index contributed by atoms with van der Waals surface area (Å²) in [7, 11) is 0. The summed E-state index contributed by atoms with van der Waals surface area (Å²) in [5.41, 5.74) is 3.58. The standard InChI is InChI=1S/C21H20ClNO2/c22-13-6-8-14(9-7-13)23-20(24)18-15-10-11-16(19(18)21(23)25)17(15)12-4-2-1-3-5-12/h6-11,15-16,18-19H,1-5H2/t15-,16+,18-,19-/m0/s1. The molecule has 1 saturated heterocycles. The van der Waals surface area contributed by atoms with E-state index >= 15 is 0 Å². The third-order valence-corrected chi connectivity index (χ3v) is 6.62. The molecule has 4 heteroatoms. The van der Waals surface area contributed by atoms with Crippen molar-refractivity contribution < 1.29 is 9.59 Å². The monoisotopic (exact) mass is 353 g/mol. The smallest absolute Gasteiger partial charge is 0.238 e. The number of imide groups is 1. The first kappa shape index (κ1) is 15.4. The van der Waals surface area contributed by atoms with Gasteiger partial charge in [0.05, 0.1) is 17.5 Å². The number of amides is 2. The Morgan fingerprint density at radius 3 is 1.96 bits per heavy atom. The Labute approximate surface area is 152 Å². The van der Waals surface area contributed by atoms with Crippen LogP contribution >= 0.6 is 11.6 Å². The highest BCUT2D eigenvalue weighted by Crippen LogP contribution is 2.58. The largest absolute Gasteiger partial charge is 0.274 e.